The molecule has 3 heterocycles. The zero-order valence-corrected chi connectivity index (χ0v) is 16.7. The van der Waals surface area contributed by atoms with Crippen LogP contribution in [0.5, 0.6) is 0 Å². The van der Waals surface area contributed by atoms with Crippen LogP contribution in [0.1, 0.15) is 36.1 Å². The summed E-state index contributed by atoms with van der Waals surface area (Å²) in [4.78, 5) is 30.8. The molecule has 0 saturated carbocycles. The minimum Gasteiger partial charge on any atom is -0.481 e. The quantitative estimate of drug-likeness (QED) is 0.724. The van der Waals surface area contributed by atoms with Gasteiger partial charge in [0.1, 0.15) is 5.65 Å². The van der Waals surface area contributed by atoms with E-state index < -0.39 is 5.97 Å². The zero-order valence-electron chi connectivity index (χ0n) is 16.7. The molecule has 0 spiro atoms. The normalized spacial score (nSPS) is 17.0. The van der Waals surface area contributed by atoms with Gasteiger partial charge in [-0.3, -0.25) is 9.59 Å². The van der Waals surface area contributed by atoms with E-state index in [1.165, 1.54) is 0 Å². The van der Waals surface area contributed by atoms with Crippen molar-refractivity contribution >= 4 is 22.9 Å². The van der Waals surface area contributed by atoms with Gasteiger partial charge < -0.3 is 14.6 Å². The van der Waals surface area contributed by atoms with Gasteiger partial charge in [0.25, 0.3) is 0 Å². The molecule has 6 heteroatoms. The maximum atomic E-state index is 13.1. The van der Waals surface area contributed by atoms with Crippen molar-refractivity contribution in [1.82, 2.24) is 14.5 Å². The van der Waals surface area contributed by atoms with Crippen molar-refractivity contribution in [3.8, 4) is 0 Å². The van der Waals surface area contributed by atoms with Crippen molar-refractivity contribution in [2.75, 3.05) is 7.05 Å². The van der Waals surface area contributed by atoms with Crippen molar-refractivity contribution in [3.63, 3.8) is 0 Å². The topological polar surface area (TPSA) is 75.4 Å². The number of nitrogens with zero attached hydrogens (tertiary/aromatic N) is 3. The van der Waals surface area contributed by atoms with Crippen LogP contribution in [0.25, 0.3) is 11.0 Å². The fourth-order valence-electron chi connectivity index (χ4n) is 4.42. The Morgan fingerprint density at radius 3 is 2.72 bits per heavy atom. The number of aromatic nitrogens is 2. The van der Waals surface area contributed by atoms with Gasteiger partial charge in [0.15, 0.2) is 0 Å². The molecule has 150 valence electrons. The molecule has 0 saturated heterocycles. The summed E-state index contributed by atoms with van der Waals surface area (Å²) in [7, 11) is 1.87. The fourth-order valence-corrected chi connectivity index (χ4v) is 4.42. The number of fused-ring (bicyclic) bond motifs is 3. The van der Waals surface area contributed by atoms with E-state index in [0.717, 1.165) is 40.7 Å². The van der Waals surface area contributed by atoms with Gasteiger partial charge in [-0.2, -0.15) is 0 Å². The number of carboxylic acid groups (broad SMARTS) is 1. The SMILES string of the molecule is C[C@H](C(=O)N(C)[C@@H]1CCc2c(CC(=O)O)c3cccnc3n2C1)c1ccccc1. The minimum absolute atomic E-state index is 0.00496. The van der Waals surface area contributed by atoms with Crippen LogP contribution in [0, 0.1) is 0 Å². The number of likely N-dealkylation sites (N-methyl/N-ethyl adjacent to an activating group) is 1. The molecular weight excluding hydrogens is 366 g/mol. The summed E-state index contributed by atoms with van der Waals surface area (Å²) in [6.07, 6.45) is 3.28. The minimum atomic E-state index is -0.838. The lowest BCUT2D eigenvalue weighted by Gasteiger charge is -2.34. The largest absolute Gasteiger partial charge is 0.481 e. The van der Waals surface area contributed by atoms with E-state index in [9.17, 15) is 14.7 Å². The Hall–Kier alpha value is -3.15. The Kier molecular flexibility index (Phi) is 5.09. The van der Waals surface area contributed by atoms with Crippen molar-refractivity contribution < 1.29 is 14.7 Å². The van der Waals surface area contributed by atoms with Gasteiger partial charge in [-0.1, -0.05) is 30.3 Å². The second kappa shape index (κ2) is 7.70. The first kappa shape index (κ1) is 19.2. The molecule has 3 aromatic rings. The predicted molar refractivity (Wildman–Crippen MR) is 111 cm³/mol. The number of carboxylic acids is 1. The lowest BCUT2D eigenvalue weighted by molar-refractivity contribution is -0.136. The number of amides is 1. The van der Waals surface area contributed by atoms with Gasteiger partial charge in [-0.15, -0.1) is 0 Å². The highest BCUT2D eigenvalue weighted by atomic mass is 16.4. The molecule has 4 rings (SSSR count). The third-order valence-corrected chi connectivity index (χ3v) is 6.04. The monoisotopic (exact) mass is 391 g/mol. The summed E-state index contributed by atoms with van der Waals surface area (Å²) in [6, 6.07) is 13.7. The summed E-state index contributed by atoms with van der Waals surface area (Å²) >= 11 is 0. The van der Waals surface area contributed by atoms with E-state index in [-0.39, 0.29) is 24.3 Å². The van der Waals surface area contributed by atoms with Crippen LogP contribution in [-0.2, 0) is 29.0 Å². The number of aliphatic carboxylic acids is 1. The van der Waals surface area contributed by atoms with Crippen molar-refractivity contribution in [3.05, 3.63) is 65.5 Å². The second-order valence-corrected chi connectivity index (χ2v) is 7.75. The number of hydrogen-bond acceptors (Lipinski definition) is 3. The van der Waals surface area contributed by atoms with E-state index >= 15 is 0 Å². The summed E-state index contributed by atoms with van der Waals surface area (Å²) in [5.41, 5.74) is 3.71. The maximum Gasteiger partial charge on any atom is 0.307 e. The Balaban J connectivity index is 1.61. The molecule has 0 radical (unpaired) electrons. The van der Waals surface area contributed by atoms with Crippen molar-refractivity contribution in [2.24, 2.45) is 0 Å². The summed E-state index contributed by atoms with van der Waals surface area (Å²) < 4.78 is 2.11. The van der Waals surface area contributed by atoms with Gasteiger partial charge in [0, 0.05) is 36.9 Å². The molecule has 0 bridgehead atoms. The number of pyridine rings is 1. The molecule has 1 aliphatic rings. The third-order valence-electron chi connectivity index (χ3n) is 6.04. The van der Waals surface area contributed by atoms with E-state index in [2.05, 4.69) is 9.55 Å². The van der Waals surface area contributed by atoms with Crippen LogP contribution in [0.3, 0.4) is 0 Å². The second-order valence-electron chi connectivity index (χ2n) is 7.75. The van der Waals surface area contributed by atoms with Crippen molar-refractivity contribution in [2.45, 2.75) is 44.7 Å². The Morgan fingerprint density at radius 2 is 2.00 bits per heavy atom. The zero-order chi connectivity index (χ0) is 20.5. The Bertz CT molecular complexity index is 1060. The van der Waals surface area contributed by atoms with Crippen molar-refractivity contribution in [1.29, 1.82) is 0 Å². The molecule has 0 fully saturated rings. The fraction of sp³-hybridized carbons (Fsp3) is 0.348. The lowest BCUT2D eigenvalue weighted by atomic mass is 9.96. The van der Waals surface area contributed by atoms with Gasteiger partial charge in [0.05, 0.1) is 12.3 Å². The molecular formula is C23H25N3O3. The molecule has 1 aromatic carbocycles. The smallest absolute Gasteiger partial charge is 0.307 e. The summed E-state index contributed by atoms with van der Waals surface area (Å²) in [6.45, 7) is 2.58. The number of carbonyl (C=O) groups excluding carboxylic acids is 1. The molecule has 2 atom stereocenters. The van der Waals surface area contributed by atoms with Gasteiger partial charge >= 0.3 is 5.97 Å². The molecule has 1 N–H and O–H groups in total. The highest BCUT2D eigenvalue weighted by molar-refractivity contribution is 5.87. The first-order valence-electron chi connectivity index (χ1n) is 9.95. The highest BCUT2D eigenvalue weighted by Crippen LogP contribution is 2.32. The number of carbonyl (C=O) groups is 2. The van der Waals surface area contributed by atoms with Gasteiger partial charge in [0.2, 0.25) is 5.91 Å². The molecule has 6 nitrogen and oxygen atoms in total. The molecule has 1 aliphatic heterocycles. The van der Waals surface area contributed by atoms with E-state index in [1.807, 2.05) is 61.3 Å². The summed E-state index contributed by atoms with van der Waals surface area (Å²) in [5.74, 6) is -0.945. The van der Waals surface area contributed by atoms with Crippen LogP contribution >= 0.6 is 0 Å². The average Bonchev–Trinajstić information content (AvgIpc) is 3.05. The number of benzene rings is 1. The predicted octanol–water partition coefficient (Wildman–Crippen LogP) is 3.24. The number of rotatable bonds is 5. The lowest BCUT2D eigenvalue weighted by Crippen LogP contribution is -2.44. The Morgan fingerprint density at radius 1 is 1.24 bits per heavy atom. The maximum absolute atomic E-state index is 13.1. The van der Waals surface area contributed by atoms with Crippen LogP contribution in [0.15, 0.2) is 48.7 Å². The van der Waals surface area contributed by atoms with Crippen LogP contribution in [-0.4, -0.2) is 44.5 Å². The standard InChI is InChI=1S/C23H25N3O3/c1-15(16-7-4-3-5-8-16)23(29)25(2)17-10-11-20-19(13-21(27)28)18-9-6-12-24-22(18)26(20)14-17/h3-9,12,15,17H,10-11,13-14H2,1-2H3,(H,27,28)/t15-,17+/m0/s1. The first-order chi connectivity index (χ1) is 14.0. The van der Waals surface area contributed by atoms with Gasteiger partial charge in [-0.05, 0) is 43.0 Å². The van der Waals surface area contributed by atoms with Gasteiger partial charge in [-0.25, -0.2) is 4.98 Å². The number of hydrogen-bond donors (Lipinski definition) is 1. The molecule has 29 heavy (non-hydrogen) atoms. The third kappa shape index (κ3) is 3.50. The Labute approximate surface area is 169 Å². The average molecular weight is 391 g/mol. The van der Waals surface area contributed by atoms with E-state index in [0.29, 0.717) is 6.54 Å². The molecule has 2 aromatic heterocycles. The van der Waals surface area contributed by atoms with Crippen LogP contribution in [0.2, 0.25) is 0 Å². The van der Waals surface area contributed by atoms with E-state index in [4.69, 9.17) is 0 Å². The van der Waals surface area contributed by atoms with E-state index in [1.54, 1.807) is 6.20 Å². The molecule has 0 unspecified atom stereocenters. The van der Waals surface area contributed by atoms with Crippen LogP contribution in [0.4, 0.5) is 0 Å². The molecule has 1 amide bonds. The first-order valence-corrected chi connectivity index (χ1v) is 9.95. The molecule has 0 aliphatic carbocycles. The summed E-state index contributed by atoms with van der Waals surface area (Å²) in [5, 5.41) is 10.2. The van der Waals surface area contributed by atoms with Crippen LogP contribution < -0.4 is 0 Å². The highest BCUT2D eigenvalue weighted by Gasteiger charge is 2.31.